The van der Waals surface area contributed by atoms with Crippen molar-refractivity contribution in [3.05, 3.63) is 59.7 Å². The van der Waals surface area contributed by atoms with Gasteiger partial charge in [-0.25, -0.2) is 0 Å². The molecule has 2 aromatic carbocycles. The van der Waals surface area contributed by atoms with Crippen LogP contribution in [-0.2, 0) is 4.74 Å². The van der Waals surface area contributed by atoms with Gasteiger partial charge in [0.25, 0.3) is 11.8 Å². The van der Waals surface area contributed by atoms with Crippen molar-refractivity contribution >= 4 is 17.5 Å². The number of methoxy groups -OCH3 is 1. The van der Waals surface area contributed by atoms with Crippen molar-refractivity contribution in [3.8, 4) is 5.75 Å². The molecule has 2 amide bonds. The first kappa shape index (κ1) is 20.5. The van der Waals surface area contributed by atoms with Gasteiger partial charge in [0.05, 0.1) is 23.4 Å². The smallest absolute Gasteiger partial charge is 0.259 e. The van der Waals surface area contributed by atoms with E-state index < -0.39 is 0 Å². The summed E-state index contributed by atoms with van der Waals surface area (Å²) in [5, 5.41) is 5.68. The predicted octanol–water partition coefficient (Wildman–Crippen LogP) is 3.35. The Hall–Kier alpha value is -2.86. The summed E-state index contributed by atoms with van der Waals surface area (Å²) in [5.41, 5.74) is 1.27. The minimum atomic E-state index is -0.341. The third-order valence-corrected chi connectivity index (χ3v) is 3.77. The van der Waals surface area contributed by atoms with Crippen molar-refractivity contribution in [1.29, 1.82) is 0 Å². The monoisotopic (exact) mass is 370 g/mol. The van der Waals surface area contributed by atoms with E-state index in [2.05, 4.69) is 10.6 Å². The van der Waals surface area contributed by atoms with E-state index in [1.54, 1.807) is 55.6 Å². The van der Waals surface area contributed by atoms with E-state index in [9.17, 15) is 9.59 Å². The molecule has 2 N–H and O–H groups in total. The number of nitrogens with one attached hydrogen (secondary N) is 2. The summed E-state index contributed by atoms with van der Waals surface area (Å²) < 4.78 is 10.6. The van der Waals surface area contributed by atoms with Crippen LogP contribution in [0.4, 0.5) is 5.69 Å². The molecule has 0 atom stereocenters. The zero-order valence-electron chi connectivity index (χ0n) is 16.0. The zero-order valence-corrected chi connectivity index (χ0v) is 16.0. The van der Waals surface area contributed by atoms with Crippen LogP contribution in [0.5, 0.6) is 5.75 Å². The van der Waals surface area contributed by atoms with E-state index in [1.807, 2.05) is 13.8 Å². The highest BCUT2D eigenvalue weighted by molar-refractivity contribution is 6.10. The van der Waals surface area contributed by atoms with Crippen molar-refractivity contribution in [2.24, 2.45) is 5.92 Å². The standard InChI is InChI=1S/C21H26N2O4/c1-15(2)14-22-20(24)16-8-4-6-10-18(16)23-21(25)17-9-5-7-11-19(17)27-13-12-26-3/h4-11,15H,12-14H2,1-3H3,(H,22,24)(H,23,25). The Morgan fingerprint density at radius 1 is 0.926 bits per heavy atom. The number of rotatable bonds is 9. The lowest BCUT2D eigenvalue weighted by Crippen LogP contribution is -2.28. The number of para-hydroxylation sites is 2. The first-order chi connectivity index (χ1) is 13.0. The Morgan fingerprint density at radius 3 is 2.30 bits per heavy atom. The second-order valence-corrected chi connectivity index (χ2v) is 6.44. The van der Waals surface area contributed by atoms with Crippen LogP contribution in [-0.4, -0.2) is 38.7 Å². The van der Waals surface area contributed by atoms with E-state index in [0.717, 1.165) is 0 Å². The summed E-state index contributed by atoms with van der Waals surface area (Å²) in [6.07, 6.45) is 0. The molecule has 0 heterocycles. The molecular weight excluding hydrogens is 344 g/mol. The molecule has 27 heavy (non-hydrogen) atoms. The van der Waals surface area contributed by atoms with Crippen LogP contribution in [0.1, 0.15) is 34.6 Å². The average Bonchev–Trinajstić information content (AvgIpc) is 2.67. The summed E-state index contributed by atoms with van der Waals surface area (Å²) in [4.78, 5) is 25.2. The van der Waals surface area contributed by atoms with Crippen LogP contribution in [0, 0.1) is 5.92 Å². The highest BCUT2D eigenvalue weighted by Crippen LogP contribution is 2.21. The number of ether oxygens (including phenoxy) is 2. The largest absolute Gasteiger partial charge is 0.490 e. The van der Waals surface area contributed by atoms with Crippen LogP contribution >= 0.6 is 0 Å². The van der Waals surface area contributed by atoms with E-state index in [0.29, 0.717) is 48.2 Å². The molecule has 6 heteroatoms. The maximum atomic E-state index is 12.8. The number of amides is 2. The molecule has 0 aliphatic rings. The Bertz CT molecular complexity index is 774. The molecule has 2 aromatic rings. The molecule has 0 aromatic heterocycles. The first-order valence-corrected chi connectivity index (χ1v) is 8.92. The lowest BCUT2D eigenvalue weighted by atomic mass is 10.1. The number of carbonyl (C=O) groups excluding carboxylic acids is 2. The Kier molecular flexibility index (Phi) is 7.82. The second kappa shape index (κ2) is 10.3. The van der Waals surface area contributed by atoms with Crippen LogP contribution in [0.25, 0.3) is 0 Å². The number of carbonyl (C=O) groups is 2. The fourth-order valence-corrected chi connectivity index (χ4v) is 2.39. The van der Waals surface area contributed by atoms with Gasteiger partial charge in [-0.1, -0.05) is 38.1 Å². The lowest BCUT2D eigenvalue weighted by Gasteiger charge is -2.14. The second-order valence-electron chi connectivity index (χ2n) is 6.44. The minimum absolute atomic E-state index is 0.218. The van der Waals surface area contributed by atoms with Crippen LogP contribution in [0.3, 0.4) is 0 Å². The molecule has 0 fully saturated rings. The van der Waals surface area contributed by atoms with Crippen LogP contribution < -0.4 is 15.4 Å². The molecule has 0 aliphatic carbocycles. The third-order valence-electron chi connectivity index (χ3n) is 3.77. The van der Waals surface area contributed by atoms with Gasteiger partial charge in [-0.3, -0.25) is 9.59 Å². The third kappa shape index (κ3) is 6.11. The summed E-state index contributed by atoms with van der Waals surface area (Å²) >= 11 is 0. The first-order valence-electron chi connectivity index (χ1n) is 8.92. The minimum Gasteiger partial charge on any atom is -0.490 e. The normalized spacial score (nSPS) is 10.5. The topological polar surface area (TPSA) is 76.7 Å². The van der Waals surface area contributed by atoms with Crippen molar-refractivity contribution in [3.63, 3.8) is 0 Å². The van der Waals surface area contributed by atoms with E-state index in [1.165, 1.54) is 0 Å². The Balaban J connectivity index is 2.16. The SMILES string of the molecule is COCCOc1ccccc1C(=O)Nc1ccccc1C(=O)NCC(C)C. The quantitative estimate of drug-likeness (QED) is 0.664. The molecule has 6 nitrogen and oxygen atoms in total. The number of hydrogen-bond donors (Lipinski definition) is 2. The maximum Gasteiger partial charge on any atom is 0.259 e. The number of anilines is 1. The molecule has 0 saturated heterocycles. The van der Waals surface area contributed by atoms with Gasteiger partial charge in [0.1, 0.15) is 12.4 Å². The van der Waals surface area contributed by atoms with Crippen molar-refractivity contribution < 1.29 is 19.1 Å². The van der Waals surface area contributed by atoms with Gasteiger partial charge < -0.3 is 20.1 Å². The molecular formula is C21H26N2O4. The lowest BCUT2D eigenvalue weighted by molar-refractivity contribution is 0.0950. The molecule has 0 bridgehead atoms. The van der Waals surface area contributed by atoms with E-state index in [-0.39, 0.29) is 11.8 Å². The van der Waals surface area contributed by atoms with Gasteiger partial charge in [0.2, 0.25) is 0 Å². The van der Waals surface area contributed by atoms with Gasteiger partial charge in [-0.15, -0.1) is 0 Å². The molecule has 2 rings (SSSR count). The molecule has 0 aliphatic heterocycles. The van der Waals surface area contributed by atoms with E-state index in [4.69, 9.17) is 9.47 Å². The molecule has 144 valence electrons. The summed E-state index contributed by atoms with van der Waals surface area (Å²) in [5.74, 6) is 0.247. The van der Waals surface area contributed by atoms with Crippen LogP contribution in [0.2, 0.25) is 0 Å². The molecule has 0 unspecified atom stereocenters. The van der Waals surface area contributed by atoms with Crippen molar-refractivity contribution in [2.75, 3.05) is 32.2 Å². The predicted molar refractivity (Wildman–Crippen MR) is 105 cm³/mol. The van der Waals surface area contributed by atoms with Gasteiger partial charge in [0, 0.05) is 13.7 Å². The maximum absolute atomic E-state index is 12.8. The van der Waals surface area contributed by atoms with Crippen LogP contribution in [0.15, 0.2) is 48.5 Å². The van der Waals surface area contributed by atoms with Gasteiger partial charge in [-0.05, 0) is 30.2 Å². The van der Waals surface area contributed by atoms with Gasteiger partial charge >= 0.3 is 0 Å². The number of hydrogen-bond acceptors (Lipinski definition) is 4. The Labute approximate surface area is 159 Å². The van der Waals surface area contributed by atoms with Gasteiger partial charge in [0.15, 0.2) is 0 Å². The highest BCUT2D eigenvalue weighted by atomic mass is 16.5. The number of benzene rings is 2. The average molecular weight is 370 g/mol. The van der Waals surface area contributed by atoms with Crippen molar-refractivity contribution in [1.82, 2.24) is 5.32 Å². The highest BCUT2D eigenvalue weighted by Gasteiger charge is 2.16. The fourth-order valence-electron chi connectivity index (χ4n) is 2.39. The molecule has 0 radical (unpaired) electrons. The molecule has 0 saturated carbocycles. The summed E-state index contributed by atoms with van der Waals surface area (Å²) in [6, 6.07) is 13.9. The summed E-state index contributed by atoms with van der Waals surface area (Å²) in [7, 11) is 1.59. The fraction of sp³-hybridized carbons (Fsp3) is 0.333. The zero-order chi connectivity index (χ0) is 19.6. The molecule has 0 spiro atoms. The summed E-state index contributed by atoms with van der Waals surface area (Å²) in [6.45, 7) is 5.38. The van der Waals surface area contributed by atoms with Crippen molar-refractivity contribution in [2.45, 2.75) is 13.8 Å². The van der Waals surface area contributed by atoms with Gasteiger partial charge in [-0.2, -0.15) is 0 Å². The van der Waals surface area contributed by atoms with E-state index >= 15 is 0 Å². The Morgan fingerprint density at radius 2 is 1.59 bits per heavy atom.